The fourth-order valence-corrected chi connectivity index (χ4v) is 3.16. The smallest absolute Gasteiger partial charge is 0.341 e. The summed E-state index contributed by atoms with van der Waals surface area (Å²) in [7, 11) is 0. The van der Waals surface area contributed by atoms with Crippen LogP contribution in [0, 0.1) is 0 Å². The number of halogens is 2. The number of nitrogens with zero attached hydrogens (tertiary/aromatic N) is 1. The number of benzene rings is 1. The van der Waals surface area contributed by atoms with Gasteiger partial charge in [-0.05, 0) is 45.1 Å². The molecule has 6 nitrogen and oxygen atoms in total. The molecule has 0 atom stereocenters. The summed E-state index contributed by atoms with van der Waals surface area (Å²) < 4.78 is 5.57. The minimum absolute atomic E-state index is 0.228. The Morgan fingerprint density at radius 1 is 1.48 bits per heavy atom. The van der Waals surface area contributed by atoms with Gasteiger partial charge in [-0.2, -0.15) is 5.10 Å². The number of hydrogen-bond donors (Lipinski definition) is 2. The Balaban J connectivity index is 2.04. The van der Waals surface area contributed by atoms with Gasteiger partial charge >= 0.3 is 5.97 Å². The van der Waals surface area contributed by atoms with E-state index in [2.05, 4.69) is 26.5 Å². The minimum Gasteiger partial charge on any atom is -0.479 e. The molecule has 2 N–H and O–H groups in total. The van der Waals surface area contributed by atoms with Gasteiger partial charge in [-0.1, -0.05) is 17.7 Å². The van der Waals surface area contributed by atoms with Crippen molar-refractivity contribution < 1.29 is 19.4 Å². The number of carboxylic acid groups (broad SMARTS) is 1. The highest BCUT2D eigenvalue weighted by atomic mass is 79.9. The van der Waals surface area contributed by atoms with Gasteiger partial charge in [0.15, 0.2) is 12.4 Å². The van der Waals surface area contributed by atoms with Crippen molar-refractivity contribution in [3.8, 4) is 5.75 Å². The summed E-state index contributed by atoms with van der Waals surface area (Å²) in [5.41, 5.74) is 3.01. The summed E-state index contributed by atoms with van der Waals surface area (Å²) in [6, 6.07) is 6.65. The SMILES string of the molecule is O=C(O)COc1c(Cl)cc(C=NNC(=O)c2cccs2)cc1Br. The number of carboxylic acids is 1. The van der Waals surface area contributed by atoms with Crippen molar-refractivity contribution in [2.45, 2.75) is 0 Å². The van der Waals surface area contributed by atoms with Crippen LogP contribution in [0.1, 0.15) is 15.2 Å². The molecule has 120 valence electrons. The van der Waals surface area contributed by atoms with Gasteiger partial charge in [0.1, 0.15) is 0 Å². The molecular formula is C14H10BrClN2O4S. The molecule has 0 fully saturated rings. The first-order valence-electron chi connectivity index (χ1n) is 6.18. The van der Waals surface area contributed by atoms with E-state index in [9.17, 15) is 9.59 Å². The Bertz CT molecular complexity index is 726. The molecule has 2 aromatic rings. The number of amides is 1. The van der Waals surface area contributed by atoms with Gasteiger partial charge < -0.3 is 9.84 Å². The first-order valence-corrected chi connectivity index (χ1v) is 8.23. The molecule has 0 aliphatic carbocycles. The van der Waals surface area contributed by atoms with Crippen LogP contribution in [0.3, 0.4) is 0 Å². The Hall–Kier alpha value is -1.90. The summed E-state index contributed by atoms with van der Waals surface area (Å²) in [5.74, 6) is -1.17. The third kappa shape index (κ3) is 5.05. The Morgan fingerprint density at radius 3 is 2.87 bits per heavy atom. The van der Waals surface area contributed by atoms with Crippen LogP contribution in [0.4, 0.5) is 0 Å². The van der Waals surface area contributed by atoms with Gasteiger partial charge in [0.25, 0.3) is 5.91 Å². The van der Waals surface area contributed by atoms with Crippen LogP contribution < -0.4 is 10.2 Å². The monoisotopic (exact) mass is 416 g/mol. The van der Waals surface area contributed by atoms with Crippen molar-refractivity contribution in [3.05, 3.63) is 49.6 Å². The zero-order valence-corrected chi connectivity index (χ0v) is 14.6. The largest absolute Gasteiger partial charge is 0.479 e. The third-order valence-corrected chi connectivity index (χ3v) is 4.22. The van der Waals surface area contributed by atoms with Gasteiger partial charge in [-0.15, -0.1) is 11.3 Å². The Morgan fingerprint density at radius 2 is 2.26 bits per heavy atom. The molecule has 23 heavy (non-hydrogen) atoms. The number of carbonyl (C=O) groups excluding carboxylic acids is 1. The first kappa shape index (κ1) is 17.5. The van der Waals surface area contributed by atoms with E-state index < -0.39 is 12.6 Å². The maximum atomic E-state index is 11.7. The van der Waals surface area contributed by atoms with E-state index in [-0.39, 0.29) is 16.7 Å². The number of hydrogen-bond acceptors (Lipinski definition) is 5. The zero-order valence-electron chi connectivity index (χ0n) is 11.5. The second kappa shape index (κ2) is 8.09. The lowest BCUT2D eigenvalue weighted by molar-refractivity contribution is -0.139. The Kier molecular flexibility index (Phi) is 6.14. The summed E-state index contributed by atoms with van der Waals surface area (Å²) in [5, 5.41) is 14.5. The maximum Gasteiger partial charge on any atom is 0.341 e. The lowest BCUT2D eigenvalue weighted by Gasteiger charge is -2.08. The topological polar surface area (TPSA) is 88.0 Å². The quantitative estimate of drug-likeness (QED) is 0.557. The molecule has 0 spiro atoms. The van der Waals surface area contributed by atoms with Crippen LogP contribution in [0.15, 0.2) is 39.2 Å². The molecule has 1 aromatic heterocycles. The van der Waals surface area contributed by atoms with E-state index in [1.807, 2.05) is 0 Å². The lowest BCUT2D eigenvalue weighted by atomic mass is 10.2. The highest BCUT2D eigenvalue weighted by molar-refractivity contribution is 9.10. The molecule has 0 saturated heterocycles. The van der Waals surface area contributed by atoms with E-state index in [0.29, 0.717) is 14.9 Å². The average Bonchev–Trinajstić information content (AvgIpc) is 3.00. The standard InChI is InChI=1S/C14H10BrClN2O4S/c15-9-4-8(5-10(16)13(9)22-7-12(19)20)6-17-18-14(21)11-2-1-3-23-11/h1-6H,7H2,(H,18,21)(H,19,20). The Labute approximate surface area is 148 Å². The second-order valence-electron chi connectivity index (χ2n) is 4.17. The number of rotatable bonds is 6. The fraction of sp³-hybridized carbons (Fsp3) is 0.0714. The summed E-state index contributed by atoms with van der Waals surface area (Å²) >= 11 is 10.6. The van der Waals surface area contributed by atoms with Crippen LogP contribution >= 0.6 is 38.9 Å². The zero-order chi connectivity index (χ0) is 16.8. The highest BCUT2D eigenvalue weighted by Gasteiger charge is 2.10. The predicted molar refractivity (Wildman–Crippen MR) is 91.7 cm³/mol. The van der Waals surface area contributed by atoms with Gasteiger partial charge in [0.2, 0.25) is 0 Å². The van der Waals surface area contributed by atoms with E-state index in [4.69, 9.17) is 21.4 Å². The summed E-state index contributed by atoms with van der Waals surface area (Å²) in [4.78, 5) is 22.8. The third-order valence-electron chi connectivity index (χ3n) is 2.49. The summed E-state index contributed by atoms with van der Waals surface area (Å²) in [6.45, 7) is -0.497. The molecule has 1 aromatic carbocycles. The van der Waals surface area contributed by atoms with Crippen molar-refractivity contribution >= 4 is 57.0 Å². The summed E-state index contributed by atoms with van der Waals surface area (Å²) in [6.07, 6.45) is 1.42. The number of nitrogens with one attached hydrogen (secondary N) is 1. The molecule has 0 aliphatic rings. The van der Waals surface area contributed by atoms with E-state index in [1.165, 1.54) is 17.6 Å². The van der Waals surface area contributed by atoms with Crippen LogP contribution in [-0.2, 0) is 4.79 Å². The van der Waals surface area contributed by atoms with E-state index in [1.54, 1.807) is 29.6 Å². The van der Waals surface area contributed by atoms with Crippen molar-refractivity contribution in [2.75, 3.05) is 6.61 Å². The predicted octanol–water partition coefficient (Wildman–Crippen LogP) is 3.39. The maximum absolute atomic E-state index is 11.7. The van der Waals surface area contributed by atoms with Crippen LogP contribution in [0.5, 0.6) is 5.75 Å². The van der Waals surface area contributed by atoms with Crippen molar-refractivity contribution in [1.82, 2.24) is 5.43 Å². The van der Waals surface area contributed by atoms with Crippen molar-refractivity contribution in [3.63, 3.8) is 0 Å². The molecule has 1 heterocycles. The molecule has 0 radical (unpaired) electrons. The van der Waals surface area contributed by atoms with Gasteiger partial charge in [0, 0.05) is 0 Å². The molecule has 9 heteroatoms. The molecule has 0 aliphatic heterocycles. The number of aliphatic carboxylic acids is 1. The van der Waals surface area contributed by atoms with Crippen LogP contribution in [0.25, 0.3) is 0 Å². The average molecular weight is 418 g/mol. The normalized spacial score (nSPS) is 10.7. The highest BCUT2D eigenvalue weighted by Crippen LogP contribution is 2.34. The fourth-order valence-electron chi connectivity index (χ4n) is 1.55. The number of hydrazone groups is 1. The van der Waals surface area contributed by atoms with Crippen molar-refractivity contribution in [2.24, 2.45) is 5.10 Å². The number of thiophene rings is 1. The van der Waals surface area contributed by atoms with E-state index in [0.717, 1.165) is 0 Å². The minimum atomic E-state index is -1.10. The number of ether oxygens (including phenoxy) is 1. The van der Waals surface area contributed by atoms with Gasteiger partial charge in [0.05, 0.1) is 20.6 Å². The molecule has 0 bridgehead atoms. The van der Waals surface area contributed by atoms with Crippen LogP contribution in [-0.4, -0.2) is 29.8 Å². The lowest BCUT2D eigenvalue weighted by Crippen LogP contribution is -2.16. The van der Waals surface area contributed by atoms with Gasteiger partial charge in [-0.3, -0.25) is 4.79 Å². The second-order valence-corrected chi connectivity index (χ2v) is 6.38. The van der Waals surface area contributed by atoms with Crippen molar-refractivity contribution in [1.29, 1.82) is 0 Å². The molecule has 0 unspecified atom stereocenters. The van der Waals surface area contributed by atoms with E-state index >= 15 is 0 Å². The molecular weight excluding hydrogens is 408 g/mol. The van der Waals surface area contributed by atoms with Gasteiger partial charge in [-0.25, -0.2) is 10.2 Å². The molecule has 2 rings (SSSR count). The van der Waals surface area contributed by atoms with Crippen LogP contribution in [0.2, 0.25) is 5.02 Å². The molecule has 1 amide bonds. The molecule has 0 saturated carbocycles. The number of carbonyl (C=O) groups is 2. The first-order chi connectivity index (χ1) is 11.0.